The first-order chi connectivity index (χ1) is 11.5. The summed E-state index contributed by atoms with van der Waals surface area (Å²) in [7, 11) is 1.32. The van der Waals surface area contributed by atoms with E-state index in [0.717, 1.165) is 5.56 Å². The Balaban J connectivity index is 1.84. The normalized spacial score (nSPS) is 11.5. The molecule has 0 saturated heterocycles. The van der Waals surface area contributed by atoms with Gasteiger partial charge in [-0.3, -0.25) is 4.79 Å². The van der Waals surface area contributed by atoms with E-state index in [4.69, 9.17) is 0 Å². The standard InChI is InChI=1S/C18H19FN2O3/c1-12(13-3-7-15(19)8-4-13)21-17(22)11-20-16-9-5-14(6-10-16)18(23)24-2/h3-10,12,20H,11H2,1-2H3,(H,21,22). The molecule has 2 rings (SSSR count). The van der Waals surface area contributed by atoms with Gasteiger partial charge >= 0.3 is 5.97 Å². The minimum Gasteiger partial charge on any atom is -0.465 e. The number of amides is 1. The Morgan fingerprint density at radius 1 is 1.08 bits per heavy atom. The Morgan fingerprint density at radius 2 is 1.71 bits per heavy atom. The van der Waals surface area contributed by atoms with Crippen LogP contribution in [0.15, 0.2) is 48.5 Å². The number of ether oxygens (including phenoxy) is 1. The van der Waals surface area contributed by atoms with Gasteiger partial charge in [-0.2, -0.15) is 0 Å². The summed E-state index contributed by atoms with van der Waals surface area (Å²) in [5.41, 5.74) is 1.98. The summed E-state index contributed by atoms with van der Waals surface area (Å²) in [6, 6.07) is 12.4. The molecular weight excluding hydrogens is 311 g/mol. The number of carbonyl (C=O) groups is 2. The van der Waals surface area contributed by atoms with E-state index in [1.807, 2.05) is 6.92 Å². The zero-order chi connectivity index (χ0) is 17.5. The molecule has 0 bridgehead atoms. The molecule has 0 fully saturated rings. The van der Waals surface area contributed by atoms with Gasteiger partial charge in [0.2, 0.25) is 5.91 Å². The van der Waals surface area contributed by atoms with Gasteiger partial charge in [0.1, 0.15) is 5.82 Å². The summed E-state index contributed by atoms with van der Waals surface area (Å²) < 4.78 is 17.5. The van der Waals surface area contributed by atoms with Crippen LogP contribution in [0, 0.1) is 5.82 Å². The first-order valence-corrected chi connectivity index (χ1v) is 7.46. The molecule has 1 unspecified atom stereocenters. The second-order valence-corrected chi connectivity index (χ2v) is 5.26. The SMILES string of the molecule is COC(=O)c1ccc(NCC(=O)NC(C)c2ccc(F)cc2)cc1. The number of halogens is 1. The monoisotopic (exact) mass is 330 g/mol. The second kappa shape index (κ2) is 8.10. The third kappa shape index (κ3) is 4.81. The van der Waals surface area contributed by atoms with Crippen molar-refractivity contribution in [3.05, 3.63) is 65.5 Å². The lowest BCUT2D eigenvalue weighted by Gasteiger charge is -2.15. The Morgan fingerprint density at radius 3 is 2.29 bits per heavy atom. The van der Waals surface area contributed by atoms with Crippen LogP contribution in [0.3, 0.4) is 0 Å². The van der Waals surface area contributed by atoms with Crippen molar-refractivity contribution in [3.63, 3.8) is 0 Å². The fourth-order valence-electron chi connectivity index (χ4n) is 2.15. The Kier molecular flexibility index (Phi) is 5.89. The molecule has 0 radical (unpaired) electrons. The first-order valence-electron chi connectivity index (χ1n) is 7.46. The second-order valence-electron chi connectivity index (χ2n) is 5.26. The van der Waals surface area contributed by atoms with Crippen LogP contribution >= 0.6 is 0 Å². The topological polar surface area (TPSA) is 67.4 Å². The number of nitrogens with one attached hydrogen (secondary N) is 2. The smallest absolute Gasteiger partial charge is 0.337 e. The first kappa shape index (κ1) is 17.5. The number of hydrogen-bond acceptors (Lipinski definition) is 4. The predicted octanol–water partition coefficient (Wildman–Crippen LogP) is 2.90. The molecule has 2 aromatic carbocycles. The molecule has 0 spiro atoms. The highest BCUT2D eigenvalue weighted by atomic mass is 19.1. The highest BCUT2D eigenvalue weighted by molar-refractivity contribution is 5.89. The maximum atomic E-state index is 12.9. The van der Waals surface area contributed by atoms with E-state index in [0.29, 0.717) is 11.3 Å². The number of esters is 1. The van der Waals surface area contributed by atoms with Crippen molar-refractivity contribution < 1.29 is 18.7 Å². The molecule has 5 nitrogen and oxygen atoms in total. The lowest BCUT2D eigenvalue weighted by Crippen LogP contribution is -2.32. The van der Waals surface area contributed by atoms with E-state index in [2.05, 4.69) is 15.4 Å². The molecule has 0 aromatic heterocycles. The molecule has 0 aliphatic carbocycles. The predicted molar refractivity (Wildman–Crippen MR) is 89.2 cm³/mol. The average molecular weight is 330 g/mol. The van der Waals surface area contributed by atoms with Gasteiger partial charge in [0.25, 0.3) is 0 Å². The number of methoxy groups -OCH3 is 1. The minimum atomic E-state index is -0.410. The zero-order valence-corrected chi connectivity index (χ0v) is 13.5. The van der Waals surface area contributed by atoms with E-state index < -0.39 is 5.97 Å². The number of rotatable bonds is 6. The summed E-state index contributed by atoms with van der Waals surface area (Å²) >= 11 is 0. The fraction of sp³-hybridized carbons (Fsp3) is 0.222. The highest BCUT2D eigenvalue weighted by Crippen LogP contribution is 2.13. The van der Waals surface area contributed by atoms with Gasteiger partial charge in [-0.15, -0.1) is 0 Å². The van der Waals surface area contributed by atoms with Crippen LogP contribution in [0.4, 0.5) is 10.1 Å². The highest BCUT2D eigenvalue weighted by Gasteiger charge is 2.10. The van der Waals surface area contributed by atoms with E-state index in [1.54, 1.807) is 36.4 Å². The van der Waals surface area contributed by atoms with Crippen molar-refractivity contribution in [3.8, 4) is 0 Å². The van der Waals surface area contributed by atoms with E-state index in [9.17, 15) is 14.0 Å². The molecule has 1 atom stereocenters. The van der Waals surface area contributed by atoms with Crippen molar-refractivity contribution in [1.29, 1.82) is 0 Å². The van der Waals surface area contributed by atoms with Gasteiger partial charge in [-0.1, -0.05) is 12.1 Å². The summed E-state index contributed by atoms with van der Waals surface area (Å²) in [5.74, 6) is -0.911. The third-order valence-electron chi connectivity index (χ3n) is 3.51. The van der Waals surface area contributed by atoms with Gasteiger partial charge in [-0.05, 0) is 48.9 Å². The van der Waals surface area contributed by atoms with Crippen LogP contribution in [-0.4, -0.2) is 25.5 Å². The molecule has 2 aromatic rings. The largest absolute Gasteiger partial charge is 0.465 e. The minimum absolute atomic E-state index is 0.0864. The zero-order valence-electron chi connectivity index (χ0n) is 13.5. The fourth-order valence-corrected chi connectivity index (χ4v) is 2.15. The number of benzene rings is 2. The molecule has 2 N–H and O–H groups in total. The van der Waals surface area contributed by atoms with Crippen molar-refractivity contribution in [2.45, 2.75) is 13.0 Å². The quantitative estimate of drug-likeness (QED) is 0.799. The molecule has 0 heterocycles. The van der Waals surface area contributed by atoms with Gasteiger partial charge in [0.05, 0.1) is 25.3 Å². The lowest BCUT2D eigenvalue weighted by molar-refractivity contribution is -0.120. The lowest BCUT2D eigenvalue weighted by atomic mass is 10.1. The van der Waals surface area contributed by atoms with Crippen molar-refractivity contribution >= 4 is 17.6 Å². The van der Waals surface area contributed by atoms with Crippen molar-refractivity contribution in [1.82, 2.24) is 5.32 Å². The average Bonchev–Trinajstić information content (AvgIpc) is 2.60. The van der Waals surface area contributed by atoms with Crippen LogP contribution in [0.1, 0.15) is 28.9 Å². The Hall–Kier alpha value is -2.89. The summed E-state index contributed by atoms with van der Waals surface area (Å²) in [6.07, 6.45) is 0. The molecule has 24 heavy (non-hydrogen) atoms. The van der Waals surface area contributed by atoms with Crippen molar-refractivity contribution in [2.75, 3.05) is 19.0 Å². The molecule has 126 valence electrons. The summed E-state index contributed by atoms with van der Waals surface area (Å²) in [6.45, 7) is 1.92. The van der Waals surface area contributed by atoms with Gasteiger partial charge in [0.15, 0.2) is 0 Å². The molecule has 0 saturated carbocycles. The van der Waals surface area contributed by atoms with Gasteiger partial charge < -0.3 is 15.4 Å². The van der Waals surface area contributed by atoms with Crippen LogP contribution in [0.5, 0.6) is 0 Å². The van der Waals surface area contributed by atoms with Gasteiger partial charge in [-0.25, -0.2) is 9.18 Å². The van der Waals surface area contributed by atoms with E-state index >= 15 is 0 Å². The van der Waals surface area contributed by atoms with E-state index in [1.165, 1.54) is 19.2 Å². The molecular formula is C18H19FN2O3. The molecule has 1 amide bonds. The Labute approximate surface area is 139 Å². The maximum Gasteiger partial charge on any atom is 0.337 e. The van der Waals surface area contributed by atoms with E-state index in [-0.39, 0.29) is 24.3 Å². The number of carbonyl (C=O) groups excluding carboxylic acids is 2. The van der Waals surface area contributed by atoms with Crippen molar-refractivity contribution in [2.24, 2.45) is 0 Å². The van der Waals surface area contributed by atoms with Gasteiger partial charge in [0, 0.05) is 5.69 Å². The summed E-state index contributed by atoms with van der Waals surface area (Å²) in [5, 5.41) is 5.80. The third-order valence-corrected chi connectivity index (χ3v) is 3.51. The Bertz CT molecular complexity index is 699. The molecule has 6 heteroatoms. The summed E-state index contributed by atoms with van der Waals surface area (Å²) in [4.78, 5) is 23.3. The van der Waals surface area contributed by atoms with Crippen LogP contribution in [-0.2, 0) is 9.53 Å². The molecule has 0 aliphatic rings. The number of anilines is 1. The van der Waals surface area contributed by atoms with Crippen LogP contribution in [0.2, 0.25) is 0 Å². The number of hydrogen-bond donors (Lipinski definition) is 2. The van der Waals surface area contributed by atoms with Crippen LogP contribution < -0.4 is 10.6 Å². The molecule has 0 aliphatic heterocycles. The van der Waals surface area contributed by atoms with Crippen LogP contribution in [0.25, 0.3) is 0 Å². The maximum absolute atomic E-state index is 12.9.